The van der Waals surface area contributed by atoms with Crippen LogP contribution >= 0.6 is 23.3 Å². The maximum absolute atomic E-state index is 13.0. The molecule has 3 rings (SSSR count). The predicted octanol–water partition coefficient (Wildman–Crippen LogP) is 4.44. The van der Waals surface area contributed by atoms with Crippen molar-refractivity contribution in [2.45, 2.75) is 19.4 Å². The molecule has 1 aromatic carbocycles. The van der Waals surface area contributed by atoms with Gasteiger partial charge in [-0.05, 0) is 30.7 Å². The zero-order valence-corrected chi connectivity index (χ0v) is 12.7. The molecule has 108 valence electrons. The van der Waals surface area contributed by atoms with Crippen LogP contribution in [0.25, 0.3) is 11.0 Å². The van der Waals surface area contributed by atoms with E-state index in [0.717, 1.165) is 40.6 Å². The summed E-state index contributed by atoms with van der Waals surface area (Å²) in [6, 6.07) is 6.63. The molecular weight excluding hydrogens is 311 g/mol. The van der Waals surface area contributed by atoms with Crippen molar-refractivity contribution in [3.8, 4) is 0 Å². The van der Waals surface area contributed by atoms with E-state index in [4.69, 9.17) is 11.6 Å². The zero-order valence-electron chi connectivity index (χ0n) is 11.2. The van der Waals surface area contributed by atoms with E-state index in [-0.39, 0.29) is 11.9 Å². The van der Waals surface area contributed by atoms with Gasteiger partial charge in [-0.1, -0.05) is 18.5 Å². The van der Waals surface area contributed by atoms with E-state index in [2.05, 4.69) is 19.0 Å². The molecule has 0 amide bonds. The molecular formula is C14H12ClFN4S. The van der Waals surface area contributed by atoms with Gasteiger partial charge in [-0.3, -0.25) is 4.98 Å². The van der Waals surface area contributed by atoms with E-state index in [0.29, 0.717) is 5.02 Å². The van der Waals surface area contributed by atoms with Crippen LogP contribution in [-0.4, -0.2) is 13.7 Å². The van der Waals surface area contributed by atoms with E-state index in [1.807, 2.05) is 13.0 Å². The Hall–Kier alpha value is -1.79. The summed E-state index contributed by atoms with van der Waals surface area (Å²) in [5.74, 6) is -0.350. The first-order valence-corrected chi connectivity index (χ1v) is 7.58. The number of hydrogen-bond acceptors (Lipinski definition) is 5. The van der Waals surface area contributed by atoms with Gasteiger partial charge in [-0.25, -0.2) is 4.39 Å². The number of anilines is 1. The van der Waals surface area contributed by atoms with Crippen molar-refractivity contribution < 1.29 is 4.39 Å². The number of nitrogens with one attached hydrogen (secondary N) is 1. The highest BCUT2D eigenvalue weighted by Gasteiger charge is 2.16. The summed E-state index contributed by atoms with van der Waals surface area (Å²) in [6.07, 6.45) is 2.00. The van der Waals surface area contributed by atoms with Gasteiger partial charge in [0.05, 0.1) is 40.4 Å². The maximum atomic E-state index is 13.0. The minimum atomic E-state index is -0.350. The third-order valence-electron chi connectivity index (χ3n) is 3.21. The summed E-state index contributed by atoms with van der Waals surface area (Å²) in [5, 5.41) is 3.93. The second kappa shape index (κ2) is 5.91. The van der Waals surface area contributed by atoms with Crippen LogP contribution in [0.15, 0.2) is 30.5 Å². The van der Waals surface area contributed by atoms with Crippen molar-refractivity contribution in [1.82, 2.24) is 13.7 Å². The number of pyridine rings is 1. The van der Waals surface area contributed by atoms with Crippen LogP contribution < -0.4 is 5.32 Å². The highest BCUT2D eigenvalue weighted by atomic mass is 35.5. The van der Waals surface area contributed by atoms with E-state index in [1.165, 1.54) is 12.3 Å². The van der Waals surface area contributed by atoms with E-state index < -0.39 is 0 Å². The molecule has 1 N–H and O–H groups in total. The number of nitrogens with zero attached hydrogens (tertiary/aromatic N) is 3. The molecule has 2 heterocycles. The summed E-state index contributed by atoms with van der Waals surface area (Å²) >= 11 is 7.41. The second-order valence-electron chi connectivity index (χ2n) is 4.56. The van der Waals surface area contributed by atoms with Crippen LogP contribution in [0.2, 0.25) is 5.02 Å². The third-order valence-corrected chi connectivity index (χ3v) is 4.07. The van der Waals surface area contributed by atoms with Gasteiger partial charge < -0.3 is 5.32 Å². The number of hydrogen-bond donors (Lipinski definition) is 1. The summed E-state index contributed by atoms with van der Waals surface area (Å²) in [7, 11) is 0. The van der Waals surface area contributed by atoms with Crippen LogP contribution in [0.3, 0.4) is 0 Å². The molecule has 0 aliphatic carbocycles. The Kier molecular flexibility index (Phi) is 3.98. The Morgan fingerprint density at radius 2 is 2.14 bits per heavy atom. The lowest BCUT2D eigenvalue weighted by molar-refractivity contribution is 0.614. The van der Waals surface area contributed by atoms with Crippen LogP contribution in [0.1, 0.15) is 25.1 Å². The molecule has 0 aliphatic heterocycles. The van der Waals surface area contributed by atoms with Crippen molar-refractivity contribution in [2.75, 3.05) is 5.32 Å². The predicted molar refractivity (Wildman–Crippen MR) is 83.3 cm³/mol. The summed E-state index contributed by atoms with van der Waals surface area (Å²) < 4.78 is 21.5. The molecule has 1 unspecified atom stereocenters. The van der Waals surface area contributed by atoms with Gasteiger partial charge in [0.2, 0.25) is 0 Å². The first-order chi connectivity index (χ1) is 10.2. The number of halogens is 2. The van der Waals surface area contributed by atoms with Crippen molar-refractivity contribution in [3.63, 3.8) is 0 Å². The maximum Gasteiger partial charge on any atom is 0.141 e. The lowest BCUT2D eigenvalue weighted by atomic mass is 10.1. The molecule has 0 radical (unpaired) electrons. The standard InChI is InChI=1S/C14H12ClFN4S/c1-2-10(11-5-3-8(16)7-17-11)18-13-9(15)4-6-12-14(13)20-21-19-12/h3-7,10,18H,2H2,1H3. The molecule has 0 aliphatic rings. The molecule has 7 heteroatoms. The second-order valence-corrected chi connectivity index (χ2v) is 5.50. The molecule has 21 heavy (non-hydrogen) atoms. The van der Waals surface area contributed by atoms with Gasteiger partial charge in [0.15, 0.2) is 0 Å². The molecule has 1 atom stereocenters. The van der Waals surface area contributed by atoms with Crippen molar-refractivity contribution in [1.29, 1.82) is 0 Å². The number of aromatic nitrogens is 3. The van der Waals surface area contributed by atoms with E-state index >= 15 is 0 Å². The molecule has 4 nitrogen and oxygen atoms in total. The highest BCUT2D eigenvalue weighted by molar-refractivity contribution is 7.00. The fourth-order valence-corrected chi connectivity index (χ4v) is 2.87. The molecule has 0 bridgehead atoms. The average Bonchev–Trinajstić information content (AvgIpc) is 2.96. The Labute approximate surface area is 130 Å². The van der Waals surface area contributed by atoms with Gasteiger partial charge in [0, 0.05) is 0 Å². The van der Waals surface area contributed by atoms with Gasteiger partial charge in [0.1, 0.15) is 16.9 Å². The molecule has 2 aromatic heterocycles. The topological polar surface area (TPSA) is 50.7 Å². The zero-order chi connectivity index (χ0) is 14.8. The highest BCUT2D eigenvalue weighted by Crippen LogP contribution is 2.33. The fraction of sp³-hybridized carbons (Fsp3) is 0.214. The number of rotatable bonds is 4. The Morgan fingerprint density at radius 3 is 2.86 bits per heavy atom. The monoisotopic (exact) mass is 322 g/mol. The summed E-state index contributed by atoms with van der Waals surface area (Å²) in [5.41, 5.74) is 3.04. The molecule has 0 saturated heterocycles. The van der Waals surface area contributed by atoms with Crippen molar-refractivity contribution in [3.05, 3.63) is 47.0 Å². The van der Waals surface area contributed by atoms with Crippen molar-refractivity contribution in [2.24, 2.45) is 0 Å². The molecule has 3 aromatic rings. The first-order valence-electron chi connectivity index (χ1n) is 6.47. The fourth-order valence-electron chi connectivity index (χ4n) is 2.12. The molecule has 0 saturated carbocycles. The lowest BCUT2D eigenvalue weighted by Gasteiger charge is -2.18. The molecule has 0 fully saturated rings. The average molecular weight is 323 g/mol. The Balaban J connectivity index is 1.97. The largest absolute Gasteiger partial charge is 0.374 e. The summed E-state index contributed by atoms with van der Waals surface area (Å²) in [6.45, 7) is 2.02. The lowest BCUT2D eigenvalue weighted by Crippen LogP contribution is -2.12. The van der Waals surface area contributed by atoms with Crippen LogP contribution in [0.4, 0.5) is 10.1 Å². The minimum Gasteiger partial charge on any atom is -0.374 e. The Morgan fingerprint density at radius 1 is 1.29 bits per heavy atom. The summed E-state index contributed by atoms with van der Waals surface area (Å²) in [4.78, 5) is 4.13. The van der Waals surface area contributed by atoms with E-state index in [9.17, 15) is 4.39 Å². The molecule has 0 spiro atoms. The third kappa shape index (κ3) is 2.82. The normalized spacial score (nSPS) is 12.5. The number of benzene rings is 1. The SMILES string of the molecule is CCC(Nc1c(Cl)ccc2nsnc12)c1ccc(F)cn1. The first kappa shape index (κ1) is 14.2. The van der Waals surface area contributed by atoms with Gasteiger partial charge in [-0.2, -0.15) is 8.75 Å². The number of fused-ring (bicyclic) bond motifs is 1. The van der Waals surface area contributed by atoms with E-state index in [1.54, 1.807) is 12.1 Å². The van der Waals surface area contributed by atoms with Gasteiger partial charge >= 0.3 is 0 Å². The minimum absolute atomic E-state index is 0.0737. The quantitative estimate of drug-likeness (QED) is 0.771. The van der Waals surface area contributed by atoms with Gasteiger partial charge in [-0.15, -0.1) is 0 Å². The smallest absolute Gasteiger partial charge is 0.141 e. The van der Waals surface area contributed by atoms with Gasteiger partial charge in [0.25, 0.3) is 0 Å². The van der Waals surface area contributed by atoms with Crippen LogP contribution in [0, 0.1) is 5.82 Å². The van der Waals surface area contributed by atoms with Crippen LogP contribution in [0.5, 0.6) is 0 Å². The van der Waals surface area contributed by atoms with Crippen molar-refractivity contribution >= 4 is 40.0 Å². The Bertz CT molecular complexity index is 759. The van der Waals surface area contributed by atoms with Crippen LogP contribution in [-0.2, 0) is 0 Å².